The Morgan fingerprint density at radius 2 is 2.07 bits per heavy atom. The van der Waals surface area contributed by atoms with Crippen molar-refractivity contribution in [3.05, 3.63) is 34.2 Å². The zero-order chi connectivity index (χ0) is 11.6. The summed E-state index contributed by atoms with van der Waals surface area (Å²) in [7, 11) is -4.11. The van der Waals surface area contributed by atoms with Crippen LogP contribution in [0.15, 0.2) is 23.1 Å². The Balaban J connectivity index is 3.26. The van der Waals surface area contributed by atoms with Gasteiger partial charge in [-0.25, -0.2) is 0 Å². The van der Waals surface area contributed by atoms with E-state index in [1.54, 1.807) is 25.1 Å². The van der Waals surface area contributed by atoms with E-state index in [0.717, 1.165) is 5.56 Å². The Labute approximate surface area is 89.2 Å². The minimum atomic E-state index is -4.11. The van der Waals surface area contributed by atoms with Gasteiger partial charge in [0.2, 0.25) is 0 Å². The van der Waals surface area contributed by atoms with Crippen LogP contribution in [0.25, 0.3) is 6.08 Å². The van der Waals surface area contributed by atoms with Gasteiger partial charge in [-0.1, -0.05) is 12.1 Å². The third-order valence-electron chi connectivity index (χ3n) is 2.18. The van der Waals surface area contributed by atoms with E-state index in [1.165, 1.54) is 13.0 Å². The summed E-state index contributed by atoms with van der Waals surface area (Å²) in [5.74, 6) is 0. The summed E-state index contributed by atoms with van der Waals surface area (Å²) in [6, 6.07) is 5.20. The van der Waals surface area contributed by atoms with Crippen LogP contribution in [0, 0.1) is 6.92 Å². The van der Waals surface area contributed by atoms with Crippen LogP contribution in [0.1, 0.15) is 18.1 Å². The van der Waals surface area contributed by atoms with E-state index in [-0.39, 0.29) is 4.91 Å². The molecule has 0 atom stereocenters. The normalized spacial score (nSPS) is 12.9. The van der Waals surface area contributed by atoms with Gasteiger partial charge >= 0.3 is 0 Å². The molecule has 1 aromatic rings. The van der Waals surface area contributed by atoms with E-state index >= 15 is 0 Å². The fourth-order valence-electron chi connectivity index (χ4n) is 1.12. The Morgan fingerprint density at radius 3 is 2.60 bits per heavy atom. The van der Waals surface area contributed by atoms with E-state index in [1.807, 2.05) is 0 Å². The van der Waals surface area contributed by atoms with Crippen LogP contribution in [-0.4, -0.2) is 13.0 Å². The van der Waals surface area contributed by atoms with Crippen LogP contribution in [0.3, 0.4) is 0 Å². The lowest BCUT2D eigenvalue weighted by Gasteiger charge is -2.04. The van der Waals surface area contributed by atoms with Crippen molar-refractivity contribution in [2.75, 3.05) is 5.73 Å². The van der Waals surface area contributed by atoms with E-state index < -0.39 is 10.1 Å². The molecular formula is C10H13NO3S. The van der Waals surface area contributed by atoms with Gasteiger partial charge in [0, 0.05) is 5.69 Å². The molecule has 0 saturated carbocycles. The summed E-state index contributed by atoms with van der Waals surface area (Å²) in [5.41, 5.74) is 7.73. The van der Waals surface area contributed by atoms with Gasteiger partial charge < -0.3 is 5.73 Å². The number of nitrogens with two attached hydrogens (primary N) is 1. The number of rotatable bonds is 2. The highest BCUT2D eigenvalue weighted by molar-refractivity contribution is 7.89. The van der Waals surface area contributed by atoms with Crippen molar-refractivity contribution in [3.8, 4) is 0 Å². The van der Waals surface area contributed by atoms with E-state index in [4.69, 9.17) is 10.3 Å². The quantitative estimate of drug-likeness (QED) is 0.596. The second-order valence-corrected chi connectivity index (χ2v) is 4.89. The molecule has 15 heavy (non-hydrogen) atoms. The van der Waals surface area contributed by atoms with Crippen molar-refractivity contribution >= 4 is 21.9 Å². The van der Waals surface area contributed by atoms with Crippen molar-refractivity contribution in [1.82, 2.24) is 0 Å². The predicted octanol–water partition coefficient (Wildman–Crippen LogP) is 1.83. The highest BCUT2D eigenvalue weighted by atomic mass is 32.2. The van der Waals surface area contributed by atoms with E-state index in [9.17, 15) is 8.42 Å². The summed E-state index contributed by atoms with van der Waals surface area (Å²) in [4.78, 5) is -0.101. The standard InChI is InChI=1S/C10H13NO3S/c1-7(15(12,13)14)6-9-4-3-5-10(11)8(9)2/h3-6H,11H2,1-2H3,(H,12,13,14)/b7-6+. The van der Waals surface area contributed by atoms with Gasteiger partial charge in [0.05, 0.1) is 4.91 Å². The molecule has 0 aliphatic carbocycles. The summed E-state index contributed by atoms with van der Waals surface area (Å²) >= 11 is 0. The Hall–Kier alpha value is -1.33. The van der Waals surface area contributed by atoms with Crippen molar-refractivity contribution in [1.29, 1.82) is 0 Å². The molecule has 0 aliphatic rings. The molecule has 0 amide bonds. The van der Waals surface area contributed by atoms with Gasteiger partial charge in [-0.2, -0.15) is 8.42 Å². The largest absolute Gasteiger partial charge is 0.398 e. The maximum atomic E-state index is 10.8. The first kappa shape index (κ1) is 11.7. The van der Waals surface area contributed by atoms with Crippen molar-refractivity contribution in [3.63, 3.8) is 0 Å². The number of hydrogen-bond acceptors (Lipinski definition) is 3. The van der Waals surface area contributed by atoms with Crippen LogP contribution < -0.4 is 5.73 Å². The lowest BCUT2D eigenvalue weighted by atomic mass is 10.1. The fourth-order valence-corrected chi connectivity index (χ4v) is 1.40. The topological polar surface area (TPSA) is 80.4 Å². The van der Waals surface area contributed by atoms with Crippen LogP contribution in [-0.2, 0) is 10.1 Å². The number of anilines is 1. The second-order valence-electron chi connectivity index (χ2n) is 3.29. The molecule has 0 aromatic heterocycles. The lowest BCUT2D eigenvalue weighted by molar-refractivity contribution is 0.491. The summed E-state index contributed by atoms with van der Waals surface area (Å²) in [6.45, 7) is 3.12. The van der Waals surface area contributed by atoms with Gasteiger partial charge in [-0.3, -0.25) is 4.55 Å². The number of nitrogen functional groups attached to an aromatic ring is 1. The molecule has 4 nitrogen and oxygen atoms in total. The summed E-state index contributed by atoms with van der Waals surface area (Å²) in [6.07, 6.45) is 1.39. The van der Waals surface area contributed by atoms with E-state index in [0.29, 0.717) is 11.3 Å². The van der Waals surface area contributed by atoms with Crippen LogP contribution in [0.4, 0.5) is 5.69 Å². The Kier molecular flexibility index (Phi) is 3.16. The van der Waals surface area contributed by atoms with Gasteiger partial charge in [0.1, 0.15) is 0 Å². The zero-order valence-electron chi connectivity index (χ0n) is 8.56. The van der Waals surface area contributed by atoms with Crippen molar-refractivity contribution in [2.45, 2.75) is 13.8 Å². The second kappa shape index (κ2) is 4.04. The smallest absolute Gasteiger partial charge is 0.290 e. The Morgan fingerprint density at radius 1 is 1.47 bits per heavy atom. The van der Waals surface area contributed by atoms with Crippen LogP contribution >= 0.6 is 0 Å². The first-order valence-electron chi connectivity index (χ1n) is 4.33. The summed E-state index contributed by atoms with van der Waals surface area (Å²) in [5, 5.41) is 0. The third kappa shape index (κ3) is 2.81. The molecule has 0 spiro atoms. The molecule has 0 fully saturated rings. The molecule has 1 rings (SSSR count). The van der Waals surface area contributed by atoms with Gasteiger partial charge in [-0.15, -0.1) is 0 Å². The molecule has 5 heteroatoms. The predicted molar refractivity (Wildman–Crippen MR) is 60.8 cm³/mol. The van der Waals surface area contributed by atoms with Crippen LogP contribution in [0.5, 0.6) is 0 Å². The molecular weight excluding hydrogens is 214 g/mol. The average molecular weight is 227 g/mol. The summed E-state index contributed by atoms with van der Waals surface area (Å²) < 4.78 is 30.4. The highest BCUT2D eigenvalue weighted by Crippen LogP contribution is 2.19. The fraction of sp³-hybridized carbons (Fsp3) is 0.200. The minimum Gasteiger partial charge on any atom is -0.398 e. The number of benzene rings is 1. The molecule has 0 aliphatic heterocycles. The average Bonchev–Trinajstić information content (AvgIpc) is 2.11. The molecule has 0 heterocycles. The molecule has 0 saturated heterocycles. The molecule has 0 bridgehead atoms. The molecule has 3 N–H and O–H groups in total. The maximum absolute atomic E-state index is 10.8. The van der Waals surface area contributed by atoms with Crippen molar-refractivity contribution < 1.29 is 13.0 Å². The van der Waals surface area contributed by atoms with Crippen molar-refractivity contribution in [2.24, 2.45) is 0 Å². The minimum absolute atomic E-state index is 0.101. The molecule has 0 radical (unpaired) electrons. The molecule has 82 valence electrons. The van der Waals surface area contributed by atoms with Crippen LogP contribution in [0.2, 0.25) is 0 Å². The number of hydrogen-bond donors (Lipinski definition) is 2. The lowest BCUT2D eigenvalue weighted by Crippen LogP contribution is -1.98. The maximum Gasteiger partial charge on any atom is 0.290 e. The Bertz CT molecular complexity index is 503. The first-order chi connectivity index (χ1) is 6.82. The number of allylic oxidation sites excluding steroid dienone is 1. The van der Waals surface area contributed by atoms with Gasteiger partial charge in [-0.05, 0) is 37.1 Å². The SMILES string of the molecule is C/C(=C\c1cccc(N)c1C)S(=O)(=O)O. The van der Waals surface area contributed by atoms with Gasteiger partial charge in [0.25, 0.3) is 10.1 Å². The zero-order valence-corrected chi connectivity index (χ0v) is 9.38. The first-order valence-corrected chi connectivity index (χ1v) is 5.77. The third-order valence-corrected chi connectivity index (χ3v) is 3.11. The monoisotopic (exact) mass is 227 g/mol. The molecule has 0 unspecified atom stereocenters. The highest BCUT2D eigenvalue weighted by Gasteiger charge is 2.08. The van der Waals surface area contributed by atoms with Gasteiger partial charge in [0.15, 0.2) is 0 Å². The van der Waals surface area contributed by atoms with E-state index in [2.05, 4.69) is 0 Å². The molecule has 1 aromatic carbocycles.